The molecule has 0 unspecified atom stereocenters. The van der Waals surface area contributed by atoms with E-state index < -0.39 is 0 Å². The summed E-state index contributed by atoms with van der Waals surface area (Å²) in [5, 5.41) is 11.1. The molecule has 0 saturated carbocycles. The van der Waals surface area contributed by atoms with Gasteiger partial charge in [-0.1, -0.05) is 13.0 Å². The van der Waals surface area contributed by atoms with Crippen molar-refractivity contribution in [1.29, 1.82) is 0 Å². The Morgan fingerprint density at radius 2 is 2.32 bits per heavy atom. The molecule has 2 rings (SSSR count). The van der Waals surface area contributed by atoms with Crippen LogP contribution in [0.15, 0.2) is 33.3 Å². The van der Waals surface area contributed by atoms with Gasteiger partial charge in [0.15, 0.2) is 5.16 Å². The van der Waals surface area contributed by atoms with Gasteiger partial charge in [-0.3, -0.25) is 4.57 Å². The molecule has 0 aliphatic carbocycles. The van der Waals surface area contributed by atoms with Crippen molar-refractivity contribution in [2.45, 2.75) is 30.1 Å². The van der Waals surface area contributed by atoms with Crippen molar-refractivity contribution in [3.05, 3.63) is 34.4 Å². The van der Waals surface area contributed by atoms with Crippen LogP contribution in [0.4, 0.5) is 0 Å². The smallest absolute Gasteiger partial charge is 0.313 e. The average molecular weight is 279 g/mol. The van der Waals surface area contributed by atoms with Gasteiger partial charge in [-0.15, -0.1) is 5.10 Å². The van der Waals surface area contributed by atoms with E-state index in [2.05, 4.69) is 27.4 Å². The predicted molar refractivity (Wildman–Crippen MR) is 74.2 cm³/mol. The molecule has 6 nitrogen and oxygen atoms in total. The number of hydrogen-bond acceptors (Lipinski definition) is 5. The van der Waals surface area contributed by atoms with Crippen molar-refractivity contribution in [3.63, 3.8) is 0 Å². The summed E-state index contributed by atoms with van der Waals surface area (Å²) in [4.78, 5) is 15.6. The monoisotopic (exact) mass is 279 g/mol. The second-order valence-electron chi connectivity index (χ2n) is 4.15. The molecule has 0 aliphatic heterocycles. The number of rotatable bonds is 6. The van der Waals surface area contributed by atoms with E-state index in [0.717, 1.165) is 30.1 Å². The molecule has 0 radical (unpaired) electrons. The van der Waals surface area contributed by atoms with Crippen LogP contribution in [-0.2, 0) is 13.6 Å². The van der Waals surface area contributed by atoms with E-state index in [-0.39, 0.29) is 5.69 Å². The zero-order valence-corrected chi connectivity index (χ0v) is 11.8. The molecule has 2 N–H and O–H groups in total. The lowest BCUT2D eigenvalue weighted by Crippen LogP contribution is -2.13. The van der Waals surface area contributed by atoms with Crippen molar-refractivity contribution in [2.24, 2.45) is 7.05 Å². The highest BCUT2D eigenvalue weighted by atomic mass is 32.2. The van der Waals surface area contributed by atoms with Gasteiger partial charge < -0.3 is 5.32 Å². The van der Waals surface area contributed by atoms with Crippen LogP contribution in [0, 0.1) is 0 Å². The molecule has 7 heteroatoms. The molecule has 19 heavy (non-hydrogen) atoms. The third-order valence-electron chi connectivity index (χ3n) is 2.59. The van der Waals surface area contributed by atoms with Gasteiger partial charge in [-0.05, 0) is 36.4 Å². The Balaban J connectivity index is 1.98. The fourth-order valence-corrected chi connectivity index (χ4v) is 2.24. The lowest BCUT2D eigenvalue weighted by atomic mass is 10.3. The lowest BCUT2D eigenvalue weighted by molar-refractivity contribution is 0.673. The minimum Gasteiger partial charge on any atom is -0.313 e. The van der Waals surface area contributed by atoms with Crippen LogP contribution < -0.4 is 11.0 Å². The summed E-state index contributed by atoms with van der Waals surface area (Å²) in [5.74, 6) is 0. The molecular formula is C12H17N5OS. The maximum absolute atomic E-state index is 11.2. The Morgan fingerprint density at radius 3 is 2.89 bits per heavy atom. The van der Waals surface area contributed by atoms with Crippen molar-refractivity contribution in [1.82, 2.24) is 25.1 Å². The van der Waals surface area contributed by atoms with E-state index in [1.165, 1.54) is 16.3 Å². The van der Waals surface area contributed by atoms with E-state index >= 15 is 0 Å². The second kappa shape index (κ2) is 6.53. The number of H-pyrrole nitrogens is 1. The average Bonchev–Trinajstić information content (AvgIpc) is 2.73. The summed E-state index contributed by atoms with van der Waals surface area (Å²) in [6.45, 7) is 3.97. The van der Waals surface area contributed by atoms with E-state index in [0.29, 0.717) is 5.16 Å². The summed E-state index contributed by atoms with van der Waals surface area (Å²) in [5.41, 5.74) is 0.927. The number of aromatic nitrogens is 4. The molecule has 0 bridgehead atoms. The Kier molecular flexibility index (Phi) is 4.75. The minimum atomic E-state index is -0.220. The van der Waals surface area contributed by atoms with Crippen molar-refractivity contribution in [3.8, 4) is 0 Å². The van der Waals surface area contributed by atoms with Crippen LogP contribution in [-0.4, -0.2) is 26.3 Å². The first kappa shape index (κ1) is 13.8. The van der Waals surface area contributed by atoms with Crippen molar-refractivity contribution < 1.29 is 0 Å². The summed E-state index contributed by atoms with van der Waals surface area (Å²) in [6, 6.07) is 3.97. The summed E-state index contributed by atoms with van der Waals surface area (Å²) >= 11 is 1.36. The van der Waals surface area contributed by atoms with Crippen LogP contribution in [0.2, 0.25) is 0 Å². The molecule has 0 aromatic carbocycles. The van der Waals surface area contributed by atoms with E-state index in [4.69, 9.17) is 0 Å². The lowest BCUT2D eigenvalue weighted by Gasteiger charge is -2.04. The molecule has 0 spiro atoms. The topological polar surface area (TPSA) is 75.6 Å². The SMILES string of the molecule is CCCNCc1ccc(Sc2n[nH]c(=O)n2C)nc1. The molecule has 102 valence electrons. The number of nitrogens with one attached hydrogen (secondary N) is 2. The first-order valence-electron chi connectivity index (χ1n) is 6.15. The van der Waals surface area contributed by atoms with Gasteiger partial charge in [0, 0.05) is 19.8 Å². The molecule has 0 saturated heterocycles. The fraction of sp³-hybridized carbons (Fsp3) is 0.417. The van der Waals surface area contributed by atoms with Gasteiger partial charge in [0.25, 0.3) is 0 Å². The van der Waals surface area contributed by atoms with Crippen LogP contribution >= 0.6 is 11.8 Å². The number of hydrogen-bond donors (Lipinski definition) is 2. The van der Waals surface area contributed by atoms with Crippen LogP contribution in [0.5, 0.6) is 0 Å². The highest BCUT2D eigenvalue weighted by Gasteiger charge is 2.07. The quantitative estimate of drug-likeness (QED) is 0.776. The molecule has 2 aromatic heterocycles. The minimum absolute atomic E-state index is 0.220. The van der Waals surface area contributed by atoms with Gasteiger partial charge in [-0.25, -0.2) is 14.9 Å². The van der Waals surface area contributed by atoms with Gasteiger partial charge in [0.05, 0.1) is 0 Å². The zero-order chi connectivity index (χ0) is 13.7. The molecule has 0 fully saturated rings. The normalized spacial score (nSPS) is 10.8. The van der Waals surface area contributed by atoms with E-state index in [1.54, 1.807) is 7.05 Å². The van der Waals surface area contributed by atoms with Gasteiger partial charge in [0.1, 0.15) is 5.03 Å². The number of pyridine rings is 1. The molecule has 2 heterocycles. The molecule has 2 aromatic rings. The zero-order valence-electron chi connectivity index (χ0n) is 11.0. The number of aromatic amines is 1. The fourth-order valence-electron chi connectivity index (χ4n) is 1.50. The van der Waals surface area contributed by atoms with Crippen LogP contribution in [0.1, 0.15) is 18.9 Å². The Labute approximate surface area is 115 Å². The van der Waals surface area contributed by atoms with Gasteiger partial charge in [0.2, 0.25) is 0 Å². The van der Waals surface area contributed by atoms with Crippen molar-refractivity contribution >= 4 is 11.8 Å². The Hall–Kier alpha value is -1.60. The summed E-state index contributed by atoms with van der Waals surface area (Å²) in [6.07, 6.45) is 2.96. The molecule has 0 amide bonds. The molecule has 0 atom stereocenters. The predicted octanol–water partition coefficient (Wildman–Crippen LogP) is 1.15. The first-order valence-corrected chi connectivity index (χ1v) is 6.97. The first-order chi connectivity index (χ1) is 9.20. The van der Waals surface area contributed by atoms with Crippen LogP contribution in [0.25, 0.3) is 0 Å². The Morgan fingerprint density at radius 1 is 1.47 bits per heavy atom. The van der Waals surface area contributed by atoms with E-state index in [1.807, 2.05) is 18.3 Å². The van der Waals surface area contributed by atoms with Gasteiger partial charge in [-0.2, -0.15) is 0 Å². The van der Waals surface area contributed by atoms with Gasteiger partial charge >= 0.3 is 5.69 Å². The Bertz CT molecular complexity index is 575. The maximum atomic E-state index is 11.2. The number of nitrogens with zero attached hydrogens (tertiary/aromatic N) is 3. The maximum Gasteiger partial charge on any atom is 0.343 e. The third-order valence-corrected chi connectivity index (χ3v) is 3.59. The standard InChI is InChI=1S/C12H17N5OS/c1-3-6-13-7-9-4-5-10(14-8-9)19-12-16-15-11(18)17(12)2/h4-5,8,13H,3,6-7H2,1-2H3,(H,15,18). The summed E-state index contributed by atoms with van der Waals surface area (Å²) in [7, 11) is 1.68. The highest BCUT2D eigenvalue weighted by Crippen LogP contribution is 2.22. The molecular weight excluding hydrogens is 262 g/mol. The highest BCUT2D eigenvalue weighted by molar-refractivity contribution is 7.99. The van der Waals surface area contributed by atoms with Crippen molar-refractivity contribution in [2.75, 3.05) is 6.54 Å². The molecule has 0 aliphatic rings. The third kappa shape index (κ3) is 3.68. The summed E-state index contributed by atoms with van der Waals surface area (Å²) < 4.78 is 1.46. The van der Waals surface area contributed by atoms with Crippen LogP contribution in [0.3, 0.4) is 0 Å². The second-order valence-corrected chi connectivity index (χ2v) is 5.14. The van der Waals surface area contributed by atoms with E-state index in [9.17, 15) is 4.79 Å². The largest absolute Gasteiger partial charge is 0.343 e.